The lowest BCUT2D eigenvalue weighted by atomic mass is 10.0. The smallest absolute Gasteiger partial charge is 0.309 e. The van der Waals surface area contributed by atoms with Gasteiger partial charge in [0.15, 0.2) is 0 Å². The van der Waals surface area contributed by atoms with Crippen molar-refractivity contribution in [3.63, 3.8) is 0 Å². The fourth-order valence-corrected chi connectivity index (χ4v) is 2.05. The highest BCUT2D eigenvalue weighted by Gasteiger charge is 2.15. The molecule has 0 saturated carbocycles. The number of hydrogen-bond donors (Lipinski definition) is 1. The van der Waals surface area contributed by atoms with Gasteiger partial charge in [-0.1, -0.05) is 6.07 Å². The van der Waals surface area contributed by atoms with Crippen LogP contribution in [0.4, 0.5) is 5.69 Å². The van der Waals surface area contributed by atoms with Crippen LogP contribution in [0.1, 0.15) is 19.3 Å². The van der Waals surface area contributed by atoms with E-state index in [-0.39, 0.29) is 12.4 Å². The lowest BCUT2D eigenvalue weighted by Crippen LogP contribution is -2.22. The van der Waals surface area contributed by atoms with Crippen molar-refractivity contribution < 1.29 is 19.0 Å². The summed E-state index contributed by atoms with van der Waals surface area (Å²) >= 11 is 0. The largest absolute Gasteiger partial charge is 0.493 e. The minimum absolute atomic E-state index is 0.222. The maximum Gasteiger partial charge on any atom is 0.309 e. The number of esters is 1. The Morgan fingerprint density at radius 1 is 1.35 bits per heavy atom. The Hall–Kier alpha value is -1.75. The van der Waals surface area contributed by atoms with Crippen molar-refractivity contribution in [2.75, 3.05) is 32.2 Å². The standard InChI is InChI=1S/C15H21NO4/c16-13-2-1-3-14(10-13)19-9-6-15(17)20-11-12-4-7-18-8-5-12/h1-3,10,12H,4-9,11,16H2. The van der Waals surface area contributed by atoms with Crippen LogP contribution >= 0.6 is 0 Å². The molecule has 2 rings (SSSR count). The van der Waals surface area contributed by atoms with Gasteiger partial charge in [0.25, 0.3) is 0 Å². The van der Waals surface area contributed by atoms with E-state index in [0.29, 0.717) is 30.6 Å². The quantitative estimate of drug-likeness (QED) is 0.637. The van der Waals surface area contributed by atoms with Gasteiger partial charge in [0.1, 0.15) is 5.75 Å². The number of hydrogen-bond acceptors (Lipinski definition) is 5. The van der Waals surface area contributed by atoms with Crippen molar-refractivity contribution in [1.82, 2.24) is 0 Å². The average Bonchev–Trinajstić information content (AvgIpc) is 2.46. The fourth-order valence-electron chi connectivity index (χ4n) is 2.05. The number of carbonyl (C=O) groups is 1. The molecule has 0 spiro atoms. The summed E-state index contributed by atoms with van der Waals surface area (Å²) < 4.78 is 16.0. The van der Waals surface area contributed by atoms with Crippen molar-refractivity contribution in [3.05, 3.63) is 24.3 Å². The van der Waals surface area contributed by atoms with E-state index in [1.165, 1.54) is 0 Å². The summed E-state index contributed by atoms with van der Waals surface area (Å²) in [6, 6.07) is 7.14. The van der Waals surface area contributed by atoms with Crippen molar-refractivity contribution in [3.8, 4) is 5.75 Å². The molecule has 1 aliphatic rings. The van der Waals surface area contributed by atoms with Gasteiger partial charge in [-0.2, -0.15) is 0 Å². The summed E-state index contributed by atoms with van der Waals surface area (Å²) in [7, 11) is 0. The summed E-state index contributed by atoms with van der Waals surface area (Å²) in [6.07, 6.45) is 2.18. The van der Waals surface area contributed by atoms with Gasteiger partial charge >= 0.3 is 5.97 Å². The Kier molecular flexibility index (Phi) is 5.68. The first-order chi connectivity index (χ1) is 9.74. The van der Waals surface area contributed by atoms with Gasteiger partial charge in [-0.3, -0.25) is 4.79 Å². The van der Waals surface area contributed by atoms with Gasteiger partial charge in [0.2, 0.25) is 0 Å². The van der Waals surface area contributed by atoms with Crippen LogP contribution in [0.25, 0.3) is 0 Å². The van der Waals surface area contributed by atoms with Crippen LogP contribution in [0.15, 0.2) is 24.3 Å². The van der Waals surface area contributed by atoms with E-state index in [1.807, 2.05) is 12.1 Å². The normalized spacial score (nSPS) is 15.8. The minimum Gasteiger partial charge on any atom is -0.493 e. The zero-order chi connectivity index (χ0) is 14.2. The van der Waals surface area contributed by atoms with E-state index in [2.05, 4.69) is 0 Å². The summed E-state index contributed by atoms with van der Waals surface area (Å²) in [5, 5.41) is 0. The molecule has 0 radical (unpaired) electrons. The average molecular weight is 279 g/mol. The number of nitrogen functional groups attached to an aromatic ring is 1. The Bertz CT molecular complexity index is 430. The Morgan fingerprint density at radius 2 is 2.15 bits per heavy atom. The number of anilines is 1. The highest BCUT2D eigenvalue weighted by Crippen LogP contribution is 2.16. The summed E-state index contributed by atoms with van der Waals surface area (Å²) in [4.78, 5) is 11.6. The lowest BCUT2D eigenvalue weighted by Gasteiger charge is -2.21. The minimum atomic E-state index is -0.222. The highest BCUT2D eigenvalue weighted by molar-refractivity contribution is 5.69. The SMILES string of the molecule is Nc1cccc(OCCC(=O)OCC2CCOCC2)c1. The maximum absolute atomic E-state index is 11.6. The molecule has 1 aromatic carbocycles. The van der Waals surface area contributed by atoms with Crippen LogP contribution in [-0.2, 0) is 14.3 Å². The van der Waals surface area contributed by atoms with Crippen molar-refractivity contribution in [1.29, 1.82) is 0 Å². The Labute approximate surface area is 119 Å². The molecule has 2 N–H and O–H groups in total. The molecule has 20 heavy (non-hydrogen) atoms. The fraction of sp³-hybridized carbons (Fsp3) is 0.533. The molecule has 0 aromatic heterocycles. The first kappa shape index (κ1) is 14.7. The molecule has 1 saturated heterocycles. The van der Waals surface area contributed by atoms with Gasteiger partial charge in [-0.05, 0) is 30.9 Å². The molecule has 5 heteroatoms. The monoisotopic (exact) mass is 279 g/mol. The third-order valence-electron chi connectivity index (χ3n) is 3.25. The van der Waals surface area contributed by atoms with E-state index in [9.17, 15) is 4.79 Å². The molecule has 0 aliphatic carbocycles. The van der Waals surface area contributed by atoms with Gasteiger partial charge < -0.3 is 19.9 Å². The summed E-state index contributed by atoms with van der Waals surface area (Å²) in [5.41, 5.74) is 6.28. The van der Waals surface area contributed by atoms with Crippen LogP contribution in [0.2, 0.25) is 0 Å². The molecule has 1 aliphatic heterocycles. The second-order valence-corrected chi connectivity index (χ2v) is 4.91. The third kappa shape index (κ3) is 5.09. The molecule has 0 amide bonds. The molecule has 110 valence electrons. The molecular weight excluding hydrogens is 258 g/mol. The zero-order valence-corrected chi connectivity index (χ0v) is 11.5. The van der Waals surface area contributed by atoms with E-state index in [4.69, 9.17) is 19.9 Å². The van der Waals surface area contributed by atoms with Crippen molar-refractivity contribution >= 4 is 11.7 Å². The summed E-state index contributed by atoms with van der Waals surface area (Å²) in [6.45, 7) is 2.32. The predicted molar refractivity (Wildman–Crippen MR) is 75.5 cm³/mol. The second kappa shape index (κ2) is 7.75. The number of ether oxygens (including phenoxy) is 3. The Morgan fingerprint density at radius 3 is 2.90 bits per heavy atom. The molecule has 0 unspecified atom stereocenters. The van der Waals surface area contributed by atoms with E-state index in [0.717, 1.165) is 26.1 Å². The van der Waals surface area contributed by atoms with E-state index >= 15 is 0 Å². The highest BCUT2D eigenvalue weighted by atomic mass is 16.5. The van der Waals surface area contributed by atoms with Crippen LogP contribution in [0.5, 0.6) is 5.75 Å². The molecule has 0 atom stereocenters. The molecule has 1 aromatic rings. The zero-order valence-electron chi connectivity index (χ0n) is 11.5. The van der Waals surface area contributed by atoms with Crippen LogP contribution < -0.4 is 10.5 Å². The summed E-state index contributed by atoms with van der Waals surface area (Å²) in [5.74, 6) is 0.880. The molecule has 0 bridgehead atoms. The van der Waals surface area contributed by atoms with E-state index < -0.39 is 0 Å². The first-order valence-corrected chi connectivity index (χ1v) is 6.96. The number of nitrogens with two attached hydrogens (primary N) is 1. The third-order valence-corrected chi connectivity index (χ3v) is 3.25. The molecule has 5 nitrogen and oxygen atoms in total. The van der Waals surface area contributed by atoms with Gasteiger partial charge in [-0.25, -0.2) is 0 Å². The van der Waals surface area contributed by atoms with Crippen LogP contribution in [-0.4, -0.2) is 32.4 Å². The molecule has 1 heterocycles. The van der Waals surface area contributed by atoms with Gasteiger partial charge in [0.05, 0.1) is 19.6 Å². The Balaban J connectivity index is 1.60. The predicted octanol–water partition coefficient (Wildman–Crippen LogP) is 2.01. The molecular formula is C15H21NO4. The van der Waals surface area contributed by atoms with Crippen molar-refractivity contribution in [2.45, 2.75) is 19.3 Å². The molecule has 1 fully saturated rings. The van der Waals surface area contributed by atoms with Gasteiger partial charge in [0, 0.05) is 25.0 Å². The lowest BCUT2D eigenvalue weighted by molar-refractivity contribution is -0.146. The second-order valence-electron chi connectivity index (χ2n) is 4.91. The van der Waals surface area contributed by atoms with Gasteiger partial charge in [-0.15, -0.1) is 0 Å². The van der Waals surface area contributed by atoms with Crippen LogP contribution in [0.3, 0.4) is 0 Å². The van der Waals surface area contributed by atoms with E-state index in [1.54, 1.807) is 12.1 Å². The number of rotatable bonds is 6. The topological polar surface area (TPSA) is 70.8 Å². The number of carbonyl (C=O) groups excluding carboxylic acids is 1. The van der Waals surface area contributed by atoms with Crippen molar-refractivity contribution in [2.24, 2.45) is 5.92 Å². The maximum atomic E-state index is 11.6. The van der Waals surface area contributed by atoms with Crippen LogP contribution in [0, 0.1) is 5.92 Å². The first-order valence-electron chi connectivity index (χ1n) is 6.96. The number of benzene rings is 1.